The van der Waals surface area contributed by atoms with Crippen molar-refractivity contribution in [3.63, 3.8) is 0 Å². The van der Waals surface area contributed by atoms with Crippen LogP contribution in [0.25, 0.3) is 0 Å². The third-order valence-corrected chi connectivity index (χ3v) is 5.15. The second-order valence-corrected chi connectivity index (χ2v) is 7.20. The predicted molar refractivity (Wildman–Crippen MR) is 78.2 cm³/mol. The normalized spacial score (nSPS) is 22.5. The maximum atomic E-state index is 12.1. The number of hydrogen-bond acceptors (Lipinski definition) is 4. The van der Waals surface area contributed by atoms with Crippen LogP contribution >= 0.6 is 0 Å². The molecule has 20 heavy (non-hydrogen) atoms. The van der Waals surface area contributed by atoms with Gasteiger partial charge in [-0.15, -0.1) is 0 Å². The maximum Gasteiger partial charge on any atom is 0.235 e. The zero-order valence-corrected chi connectivity index (χ0v) is 12.2. The molecule has 2 aliphatic rings. The number of benzene rings is 1. The zero-order chi connectivity index (χ0) is 14.0. The van der Waals surface area contributed by atoms with Gasteiger partial charge in [-0.05, 0) is 49.1 Å². The molecule has 0 spiro atoms. The zero-order valence-electron chi connectivity index (χ0n) is 11.4. The minimum atomic E-state index is -3.34. The molecule has 5 nitrogen and oxygen atoms in total. The van der Waals surface area contributed by atoms with E-state index in [2.05, 4.69) is 10.0 Å². The Morgan fingerprint density at radius 1 is 1.35 bits per heavy atom. The van der Waals surface area contributed by atoms with Gasteiger partial charge in [-0.25, -0.2) is 8.42 Å². The molecule has 1 unspecified atom stereocenters. The lowest BCUT2D eigenvalue weighted by atomic mass is 10.0. The van der Waals surface area contributed by atoms with E-state index in [9.17, 15) is 8.42 Å². The molecule has 0 amide bonds. The fraction of sp³-hybridized carbons (Fsp3) is 0.571. The lowest BCUT2D eigenvalue weighted by Gasteiger charge is -2.18. The summed E-state index contributed by atoms with van der Waals surface area (Å²) in [7, 11) is -3.34. The van der Waals surface area contributed by atoms with Crippen molar-refractivity contribution in [3.05, 3.63) is 29.3 Å². The Kier molecular flexibility index (Phi) is 3.96. The van der Waals surface area contributed by atoms with Gasteiger partial charge in [0.1, 0.15) is 0 Å². The summed E-state index contributed by atoms with van der Waals surface area (Å²) in [5.41, 5.74) is 3.12. The number of fused-ring (bicyclic) bond motifs is 1. The van der Waals surface area contributed by atoms with Crippen LogP contribution in [0.15, 0.2) is 18.2 Å². The van der Waals surface area contributed by atoms with Crippen LogP contribution in [0.4, 0.5) is 5.69 Å². The maximum absolute atomic E-state index is 12.1. The first kappa shape index (κ1) is 13.9. The average Bonchev–Trinajstić information content (AvgIpc) is 2.90. The molecule has 0 aromatic heterocycles. The standard InChI is InChI=1S/C14H20N2O3S/c17-20(18,10-14-2-1-7-19-14)16-13-4-3-11-5-6-15-9-12(11)8-13/h3-4,8,14-16H,1-2,5-7,9-10H2. The van der Waals surface area contributed by atoms with E-state index in [0.717, 1.165) is 32.4 Å². The molecule has 2 aliphatic heterocycles. The Bertz CT molecular complexity index is 580. The van der Waals surface area contributed by atoms with Crippen molar-refractivity contribution in [1.82, 2.24) is 5.32 Å². The molecule has 0 radical (unpaired) electrons. The summed E-state index contributed by atoms with van der Waals surface area (Å²) >= 11 is 0. The van der Waals surface area contributed by atoms with Gasteiger partial charge in [0.15, 0.2) is 0 Å². The van der Waals surface area contributed by atoms with Gasteiger partial charge in [0.2, 0.25) is 10.0 Å². The van der Waals surface area contributed by atoms with E-state index in [1.54, 1.807) is 0 Å². The Morgan fingerprint density at radius 3 is 3.05 bits per heavy atom. The van der Waals surface area contributed by atoms with Crippen molar-refractivity contribution < 1.29 is 13.2 Å². The van der Waals surface area contributed by atoms with Crippen LogP contribution in [0.1, 0.15) is 24.0 Å². The Hall–Kier alpha value is -1.11. The summed E-state index contributed by atoms with van der Waals surface area (Å²) in [6.07, 6.45) is 2.62. The Labute approximate surface area is 119 Å². The molecule has 0 aliphatic carbocycles. The van der Waals surface area contributed by atoms with Gasteiger partial charge in [-0.3, -0.25) is 4.72 Å². The highest BCUT2D eigenvalue weighted by atomic mass is 32.2. The van der Waals surface area contributed by atoms with Crippen molar-refractivity contribution in [2.24, 2.45) is 0 Å². The molecule has 110 valence electrons. The molecule has 2 N–H and O–H groups in total. The van der Waals surface area contributed by atoms with E-state index in [1.165, 1.54) is 11.1 Å². The fourth-order valence-corrected chi connectivity index (χ4v) is 4.11. The second kappa shape index (κ2) is 5.71. The molecule has 0 bridgehead atoms. The van der Waals surface area contributed by atoms with E-state index in [0.29, 0.717) is 12.3 Å². The highest BCUT2D eigenvalue weighted by Crippen LogP contribution is 2.21. The molecule has 3 rings (SSSR count). The third kappa shape index (κ3) is 3.31. The van der Waals surface area contributed by atoms with Gasteiger partial charge >= 0.3 is 0 Å². The molecule has 1 aromatic carbocycles. The van der Waals surface area contributed by atoms with Gasteiger partial charge in [-0.1, -0.05) is 6.07 Å². The van der Waals surface area contributed by atoms with Crippen molar-refractivity contribution in [2.75, 3.05) is 23.6 Å². The topological polar surface area (TPSA) is 67.4 Å². The fourth-order valence-electron chi connectivity index (χ4n) is 2.79. The van der Waals surface area contributed by atoms with E-state index in [1.807, 2.05) is 18.2 Å². The average molecular weight is 296 g/mol. The number of sulfonamides is 1. The van der Waals surface area contributed by atoms with Gasteiger partial charge < -0.3 is 10.1 Å². The van der Waals surface area contributed by atoms with Crippen LogP contribution in [0, 0.1) is 0 Å². The summed E-state index contributed by atoms with van der Waals surface area (Å²) in [6.45, 7) is 2.46. The van der Waals surface area contributed by atoms with Crippen LogP contribution < -0.4 is 10.0 Å². The van der Waals surface area contributed by atoms with E-state index >= 15 is 0 Å². The third-order valence-electron chi connectivity index (χ3n) is 3.80. The SMILES string of the molecule is O=S(=O)(CC1CCCO1)Nc1ccc2c(c1)CNCC2. The Morgan fingerprint density at radius 2 is 2.25 bits per heavy atom. The molecule has 1 aromatic rings. The van der Waals surface area contributed by atoms with Crippen molar-refractivity contribution in [3.8, 4) is 0 Å². The number of hydrogen-bond donors (Lipinski definition) is 2. The highest BCUT2D eigenvalue weighted by molar-refractivity contribution is 7.92. The molecular weight excluding hydrogens is 276 g/mol. The van der Waals surface area contributed by atoms with Crippen molar-refractivity contribution >= 4 is 15.7 Å². The van der Waals surface area contributed by atoms with E-state index in [-0.39, 0.29) is 11.9 Å². The van der Waals surface area contributed by atoms with Crippen LogP contribution in [-0.2, 0) is 27.7 Å². The molecule has 1 atom stereocenters. The van der Waals surface area contributed by atoms with Gasteiger partial charge in [-0.2, -0.15) is 0 Å². The molecule has 1 saturated heterocycles. The Balaban J connectivity index is 1.70. The second-order valence-electron chi connectivity index (χ2n) is 5.43. The smallest absolute Gasteiger partial charge is 0.235 e. The first-order valence-corrected chi connectivity index (χ1v) is 8.72. The molecular formula is C14H20N2O3S. The van der Waals surface area contributed by atoms with Crippen LogP contribution in [0.2, 0.25) is 0 Å². The van der Waals surface area contributed by atoms with Gasteiger partial charge in [0.25, 0.3) is 0 Å². The number of rotatable bonds is 4. The van der Waals surface area contributed by atoms with Crippen LogP contribution in [0.3, 0.4) is 0 Å². The van der Waals surface area contributed by atoms with Crippen LogP contribution in [-0.4, -0.2) is 33.4 Å². The minimum Gasteiger partial charge on any atom is -0.377 e. The van der Waals surface area contributed by atoms with Gasteiger partial charge in [0.05, 0.1) is 11.9 Å². The molecule has 1 fully saturated rings. The van der Waals surface area contributed by atoms with Gasteiger partial charge in [0, 0.05) is 18.8 Å². The first-order valence-electron chi connectivity index (χ1n) is 7.07. The summed E-state index contributed by atoms with van der Waals surface area (Å²) in [5.74, 6) is 0.0440. The van der Waals surface area contributed by atoms with Crippen molar-refractivity contribution in [1.29, 1.82) is 0 Å². The highest BCUT2D eigenvalue weighted by Gasteiger charge is 2.23. The molecule has 2 heterocycles. The first-order chi connectivity index (χ1) is 9.62. The van der Waals surface area contributed by atoms with Crippen molar-refractivity contribution in [2.45, 2.75) is 31.9 Å². The minimum absolute atomic E-state index is 0.0440. The quantitative estimate of drug-likeness (QED) is 0.877. The lowest BCUT2D eigenvalue weighted by molar-refractivity contribution is 0.127. The molecule has 6 heteroatoms. The molecule has 0 saturated carbocycles. The van der Waals surface area contributed by atoms with E-state index in [4.69, 9.17) is 4.74 Å². The number of nitrogens with one attached hydrogen (secondary N) is 2. The lowest BCUT2D eigenvalue weighted by Crippen LogP contribution is -2.26. The predicted octanol–water partition coefficient (Wildman–Crippen LogP) is 1.25. The largest absolute Gasteiger partial charge is 0.377 e. The summed E-state index contributed by atoms with van der Waals surface area (Å²) < 4.78 is 32.3. The summed E-state index contributed by atoms with van der Waals surface area (Å²) in [6, 6.07) is 5.78. The van der Waals surface area contributed by atoms with E-state index < -0.39 is 10.0 Å². The van der Waals surface area contributed by atoms with Crippen LogP contribution in [0.5, 0.6) is 0 Å². The number of anilines is 1. The number of ether oxygens (including phenoxy) is 1. The summed E-state index contributed by atoms with van der Waals surface area (Å²) in [5, 5.41) is 3.29. The monoisotopic (exact) mass is 296 g/mol. The summed E-state index contributed by atoms with van der Waals surface area (Å²) in [4.78, 5) is 0.